The highest BCUT2D eigenvalue weighted by Gasteiger charge is 2.35. The quantitative estimate of drug-likeness (QED) is 0.373. The summed E-state index contributed by atoms with van der Waals surface area (Å²) in [5.74, 6) is 0. The van der Waals surface area contributed by atoms with Crippen LogP contribution in [0.5, 0.6) is 0 Å². The number of ether oxygens (including phenoxy) is 1. The number of nitrogens with one attached hydrogen (secondary N) is 3. The van der Waals surface area contributed by atoms with E-state index >= 15 is 0 Å². The second-order valence-electron chi connectivity index (χ2n) is 4.75. The predicted octanol–water partition coefficient (Wildman–Crippen LogP) is 2.96. The molecule has 0 aromatic rings. The first-order valence-corrected chi connectivity index (χ1v) is 6.73. The maximum Gasteiger partial charge on any atom is 0.433 e. The topological polar surface area (TPSA) is 74.2 Å². The van der Waals surface area contributed by atoms with Gasteiger partial charge in [0.05, 0.1) is 3.58 Å². The zero-order valence-electron chi connectivity index (χ0n) is 11.3. The van der Waals surface area contributed by atoms with Crippen LogP contribution in [-0.4, -0.2) is 36.7 Å². The van der Waals surface area contributed by atoms with Crippen LogP contribution in [0.4, 0.5) is 18.0 Å². The molecular weight excluding hydrogens is 390 g/mol. The number of hydrogen-bond donors (Lipinski definition) is 3. The Balaban J connectivity index is 3.98. The Hall–Kier alpha value is -1.00. The van der Waals surface area contributed by atoms with Crippen molar-refractivity contribution >= 4 is 34.4 Å². The molecule has 0 unspecified atom stereocenters. The predicted molar refractivity (Wildman–Crippen MR) is 78.1 cm³/mol. The molecule has 3 N–H and O–H groups in total. The zero-order chi connectivity index (χ0) is 16.0. The van der Waals surface area contributed by atoms with Crippen LogP contribution in [0.3, 0.4) is 0 Å². The summed E-state index contributed by atoms with van der Waals surface area (Å²) in [5.41, 5.74) is -2.01. The third kappa shape index (κ3) is 8.99. The maximum absolute atomic E-state index is 12.2. The van der Waals surface area contributed by atoms with Gasteiger partial charge in [-0.25, -0.2) is 4.79 Å². The standard InChI is InChI=1S/C11H17F3IN3O2/c1-10(2,3)20-9(19)18-5-4-17-6-7(15)8(16)11(12,13)14/h6,16-17H,4-5H2,1-3H3,(H,18,19)/b7-6+,16-8?. The van der Waals surface area contributed by atoms with Crippen LogP contribution in [0.2, 0.25) is 0 Å². The first-order chi connectivity index (χ1) is 8.93. The van der Waals surface area contributed by atoms with Gasteiger partial charge in [-0.3, -0.25) is 5.41 Å². The highest BCUT2D eigenvalue weighted by Crippen LogP contribution is 2.23. The first-order valence-electron chi connectivity index (χ1n) is 5.65. The third-order valence-corrected chi connectivity index (χ3v) is 2.54. The monoisotopic (exact) mass is 407 g/mol. The molecule has 0 fully saturated rings. The minimum absolute atomic E-state index is 0.189. The molecule has 0 spiro atoms. The fraction of sp³-hybridized carbons (Fsp3) is 0.636. The van der Waals surface area contributed by atoms with Crippen LogP contribution in [0.25, 0.3) is 0 Å². The minimum atomic E-state index is -4.66. The molecule has 0 heterocycles. The summed E-state index contributed by atoms with van der Waals surface area (Å²) in [7, 11) is 0. The molecule has 5 nitrogen and oxygen atoms in total. The molecule has 0 bridgehead atoms. The van der Waals surface area contributed by atoms with Crippen LogP contribution in [-0.2, 0) is 4.74 Å². The number of allylic oxidation sites excluding steroid dienone is 1. The number of halogens is 4. The Morgan fingerprint density at radius 3 is 2.30 bits per heavy atom. The molecule has 0 aromatic carbocycles. The first kappa shape index (κ1) is 19.0. The summed E-state index contributed by atoms with van der Waals surface area (Å²) < 4.78 is 41.2. The summed E-state index contributed by atoms with van der Waals surface area (Å²) in [6.07, 6.45) is -4.18. The van der Waals surface area contributed by atoms with Crippen molar-refractivity contribution in [1.29, 1.82) is 5.41 Å². The second-order valence-corrected chi connectivity index (χ2v) is 5.91. The summed E-state index contributed by atoms with van der Waals surface area (Å²) in [4.78, 5) is 11.2. The minimum Gasteiger partial charge on any atom is -0.444 e. The lowest BCUT2D eigenvalue weighted by Gasteiger charge is -2.19. The highest BCUT2D eigenvalue weighted by molar-refractivity contribution is 14.1. The van der Waals surface area contributed by atoms with Gasteiger partial charge in [0.1, 0.15) is 5.60 Å². The van der Waals surface area contributed by atoms with Crippen LogP contribution >= 0.6 is 22.6 Å². The van der Waals surface area contributed by atoms with E-state index in [0.717, 1.165) is 6.20 Å². The molecule has 0 saturated heterocycles. The van der Waals surface area contributed by atoms with Crippen molar-refractivity contribution in [2.75, 3.05) is 13.1 Å². The molecule has 0 aliphatic rings. The molecule has 9 heteroatoms. The van der Waals surface area contributed by atoms with E-state index in [-0.39, 0.29) is 16.7 Å². The van der Waals surface area contributed by atoms with Crippen molar-refractivity contribution in [3.63, 3.8) is 0 Å². The molecule has 116 valence electrons. The molecule has 0 aliphatic heterocycles. The smallest absolute Gasteiger partial charge is 0.433 e. The van der Waals surface area contributed by atoms with Crippen LogP contribution < -0.4 is 10.6 Å². The molecule has 0 rings (SSSR count). The average Bonchev–Trinajstić information content (AvgIpc) is 2.23. The van der Waals surface area contributed by atoms with Gasteiger partial charge in [-0.2, -0.15) is 13.2 Å². The Morgan fingerprint density at radius 2 is 1.85 bits per heavy atom. The average molecular weight is 407 g/mol. The lowest BCUT2D eigenvalue weighted by Crippen LogP contribution is -2.35. The molecule has 20 heavy (non-hydrogen) atoms. The van der Waals surface area contributed by atoms with Gasteiger partial charge in [0, 0.05) is 19.3 Å². The summed E-state index contributed by atoms with van der Waals surface area (Å²) in [6, 6.07) is 0. The number of alkyl carbamates (subject to hydrolysis) is 1. The summed E-state index contributed by atoms with van der Waals surface area (Å²) in [6.45, 7) is 5.57. The number of rotatable bonds is 5. The fourth-order valence-corrected chi connectivity index (χ4v) is 1.45. The molecule has 0 aliphatic carbocycles. The van der Waals surface area contributed by atoms with Crippen LogP contribution in [0.1, 0.15) is 20.8 Å². The van der Waals surface area contributed by atoms with Crippen molar-refractivity contribution in [3.8, 4) is 0 Å². The Labute approximate surface area is 129 Å². The zero-order valence-corrected chi connectivity index (χ0v) is 13.5. The van der Waals surface area contributed by atoms with E-state index in [0.29, 0.717) is 0 Å². The number of alkyl halides is 3. The molecule has 0 aromatic heterocycles. The second kappa shape index (κ2) is 7.70. The molecular formula is C11H17F3IN3O2. The van der Waals surface area contributed by atoms with E-state index in [1.54, 1.807) is 20.8 Å². The van der Waals surface area contributed by atoms with Crippen LogP contribution in [0.15, 0.2) is 9.78 Å². The maximum atomic E-state index is 12.2. The van der Waals surface area contributed by atoms with Gasteiger partial charge >= 0.3 is 12.3 Å². The van der Waals surface area contributed by atoms with Gasteiger partial charge in [-0.1, -0.05) is 0 Å². The van der Waals surface area contributed by atoms with Gasteiger partial charge in [0.25, 0.3) is 0 Å². The van der Waals surface area contributed by atoms with E-state index in [2.05, 4.69) is 10.6 Å². The normalized spacial score (nSPS) is 12.8. The van der Waals surface area contributed by atoms with Crippen molar-refractivity contribution in [2.24, 2.45) is 0 Å². The van der Waals surface area contributed by atoms with Crippen LogP contribution in [0, 0.1) is 5.41 Å². The van der Waals surface area contributed by atoms with Crippen molar-refractivity contribution in [2.45, 2.75) is 32.5 Å². The van der Waals surface area contributed by atoms with Gasteiger partial charge in [0.15, 0.2) is 5.71 Å². The Kier molecular flexibility index (Phi) is 7.31. The largest absolute Gasteiger partial charge is 0.444 e. The molecule has 0 radical (unpaired) electrons. The van der Waals surface area contributed by atoms with Gasteiger partial charge in [-0.15, -0.1) is 0 Å². The van der Waals surface area contributed by atoms with Crippen molar-refractivity contribution < 1.29 is 22.7 Å². The fourth-order valence-electron chi connectivity index (χ4n) is 0.920. The molecule has 0 atom stereocenters. The summed E-state index contributed by atoms with van der Waals surface area (Å²) >= 11 is 1.42. The number of carbonyl (C=O) groups excluding carboxylic acids is 1. The van der Waals surface area contributed by atoms with E-state index in [9.17, 15) is 18.0 Å². The van der Waals surface area contributed by atoms with E-state index in [4.69, 9.17) is 10.1 Å². The molecule has 0 saturated carbocycles. The van der Waals surface area contributed by atoms with Crippen molar-refractivity contribution in [3.05, 3.63) is 9.78 Å². The lowest BCUT2D eigenvalue weighted by atomic mass is 10.2. The van der Waals surface area contributed by atoms with Crippen molar-refractivity contribution in [1.82, 2.24) is 10.6 Å². The third-order valence-electron chi connectivity index (χ3n) is 1.69. The summed E-state index contributed by atoms with van der Waals surface area (Å²) in [5, 5.41) is 11.9. The number of hydrogen-bond acceptors (Lipinski definition) is 4. The Bertz CT molecular complexity index is 389. The van der Waals surface area contributed by atoms with Gasteiger partial charge in [0.2, 0.25) is 0 Å². The van der Waals surface area contributed by atoms with E-state index < -0.39 is 23.6 Å². The Morgan fingerprint density at radius 1 is 1.30 bits per heavy atom. The van der Waals surface area contributed by atoms with Gasteiger partial charge < -0.3 is 15.4 Å². The number of amides is 1. The highest BCUT2D eigenvalue weighted by atomic mass is 127. The lowest BCUT2D eigenvalue weighted by molar-refractivity contribution is -0.0585. The number of carbonyl (C=O) groups is 1. The molecule has 1 amide bonds. The van der Waals surface area contributed by atoms with E-state index in [1.807, 2.05) is 0 Å². The van der Waals surface area contributed by atoms with Gasteiger partial charge in [-0.05, 0) is 43.4 Å². The SMILES string of the molecule is CC(C)(C)OC(=O)NCCN/C=C(/I)C(=N)C(F)(F)F. The van der Waals surface area contributed by atoms with E-state index in [1.165, 1.54) is 22.6 Å².